The first-order valence-electron chi connectivity index (χ1n) is 11.6. The molecule has 0 unspecified atom stereocenters. The summed E-state index contributed by atoms with van der Waals surface area (Å²) in [6.07, 6.45) is 8.90. The van der Waals surface area contributed by atoms with Gasteiger partial charge in [-0.1, -0.05) is 36.2 Å². The molecule has 1 heterocycles. The maximum atomic E-state index is 13.1. The van der Waals surface area contributed by atoms with Gasteiger partial charge in [-0.25, -0.2) is 0 Å². The highest BCUT2D eigenvalue weighted by Gasteiger charge is 2.33. The third-order valence-corrected chi connectivity index (χ3v) is 7.60. The summed E-state index contributed by atoms with van der Waals surface area (Å²) in [4.78, 5) is 29.0. The van der Waals surface area contributed by atoms with Crippen LogP contribution in [0, 0.1) is 11.8 Å². The minimum atomic E-state index is 0.118. The number of hydrogen-bond acceptors (Lipinski definition) is 4. The summed E-state index contributed by atoms with van der Waals surface area (Å²) >= 11 is 12.6. The van der Waals surface area contributed by atoms with Gasteiger partial charge in [0.05, 0.1) is 32.4 Å². The van der Waals surface area contributed by atoms with E-state index in [0.29, 0.717) is 27.9 Å². The van der Waals surface area contributed by atoms with Crippen molar-refractivity contribution in [3.05, 3.63) is 57.7 Å². The lowest BCUT2D eigenvalue weighted by molar-refractivity contribution is 0.0968. The molecule has 0 aliphatic heterocycles. The summed E-state index contributed by atoms with van der Waals surface area (Å²) in [5, 5.41) is 5.29. The van der Waals surface area contributed by atoms with Crippen LogP contribution in [-0.2, 0) is 0 Å². The molecule has 0 radical (unpaired) electrons. The summed E-state index contributed by atoms with van der Waals surface area (Å²) in [6.45, 7) is 2.30. The molecule has 33 heavy (non-hydrogen) atoms. The highest BCUT2D eigenvalue weighted by atomic mass is 35.5. The minimum Gasteiger partial charge on any atom is -0.381 e. The first-order chi connectivity index (χ1) is 15.9. The number of anilines is 1. The predicted octanol–water partition coefficient (Wildman–Crippen LogP) is 7.60. The zero-order valence-corrected chi connectivity index (χ0v) is 20.0. The Balaban J connectivity index is 1.61. The molecule has 0 spiro atoms. The molecule has 6 heteroatoms. The third-order valence-electron chi connectivity index (χ3n) is 6.98. The highest BCUT2D eigenvalue weighted by Crippen LogP contribution is 2.39. The van der Waals surface area contributed by atoms with E-state index in [4.69, 9.17) is 23.2 Å². The van der Waals surface area contributed by atoms with Crippen LogP contribution in [0.2, 0.25) is 10.0 Å². The lowest BCUT2D eigenvalue weighted by Gasteiger charge is -2.29. The second-order valence-corrected chi connectivity index (χ2v) is 10.3. The Morgan fingerprint density at radius 2 is 1.70 bits per heavy atom. The van der Waals surface area contributed by atoms with Crippen LogP contribution in [0.1, 0.15) is 66.2 Å². The molecule has 3 aromatic rings. The average molecular weight is 481 g/mol. The number of pyridine rings is 1. The summed E-state index contributed by atoms with van der Waals surface area (Å²) < 4.78 is 0. The second kappa shape index (κ2) is 9.08. The molecule has 2 fully saturated rings. The van der Waals surface area contributed by atoms with Crippen molar-refractivity contribution in [1.29, 1.82) is 0 Å². The van der Waals surface area contributed by atoms with Gasteiger partial charge in [0.1, 0.15) is 0 Å². The van der Waals surface area contributed by atoms with Crippen LogP contribution >= 0.6 is 23.2 Å². The number of hydrogen-bond donors (Lipinski definition) is 1. The van der Waals surface area contributed by atoms with Crippen molar-refractivity contribution >= 4 is 51.9 Å². The molecule has 170 valence electrons. The monoisotopic (exact) mass is 480 g/mol. The smallest absolute Gasteiger partial charge is 0.169 e. The molecule has 0 bridgehead atoms. The predicted molar refractivity (Wildman–Crippen MR) is 135 cm³/mol. The minimum absolute atomic E-state index is 0.118. The van der Waals surface area contributed by atoms with Crippen molar-refractivity contribution in [2.75, 3.05) is 5.32 Å². The number of nitrogens with zero attached hydrogens (tertiary/aromatic N) is 1. The fourth-order valence-corrected chi connectivity index (χ4v) is 5.33. The Hall–Kier alpha value is -2.43. The molecule has 2 aromatic carbocycles. The number of halogens is 2. The summed E-state index contributed by atoms with van der Waals surface area (Å²) in [5.41, 5.74) is 4.42. The van der Waals surface area contributed by atoms with Crippen LogP contribution in [0.25, 0.3) is 22.0 Å². The first kappa shape index (κ1) is 22.4. The van der Waals surface area contributed by atoms with Gasteiger partial charge in [-0.15, -0.1) is 0 Å². The quantitative estimate of drug-likeness (QED) is 0.291. The molecule has 2 aliphatic rings. The average Bonchev–Trinajstić information content (AvgIpc) is 3.65. The zero-order chi connectivity index (χ0) is 23.1. The van der Waals surface area contributed by atoms with E-state index in [2.05, 4.69) is 17.2 Å². The Kier molecular flexibility index (Phi) is 6.15. The van der Waals surface area contributed by atoms with Gasteiger partial charge in [0.2, 0.25) is 0 Å². The van der Waals surface area contributed by atoms with E-state index >= 15 is 0 Å². The van der Waals surface area contributed by atoms with E-state index in [1.54, 1.807) is 18.3 Å². The molecular weight excluding hydrogens is 455 g/mol. The number of fused-ring (bicyclic) bond motifs is 1. The Morgan fingerprint density at radius 3 is 2.33 bits per heavy atom. The number of nitrogens with one attached hydrogen (secondary N) is 1. The molecule has 0 saturated heterocycles. The van der Waals surface area contributed by atoms with Crippen LogP contribution in [0.15, 0.2) is 36.5 Å². The number of carbonyl (C=O) groups is 2. The van der Waals surface area contributed by atoms with Crippen molar-refractivity contribution < 1.29 is 9.59 Å². The summed E-state index contributed by atoms with van der Waals surface area (Å²) in [7, 11) is 0. The van der Waals surface area contributed by atoms with Gasteiger partial charge in [0.25, 0.3) is 0 Å². The fraction of sp³-hybridized carbons (Fsp3) is 0.370. The van der Waals surface area contributed by atoms with Crippen LogP contribution in [0.5, 0.6) is 0 Å². The summed E-state index contributed by atoms with van der Waals surface area (Å²) in [6, 6.07) is 9.81. The van der Waals surface area contributed by atoms with Crippen molar-refractivity contribution in [3.63, 3.8) is 0 Å². The van der Waals surface area contributed by atoms with Crippen LogP contribution < -0.4 is 5.32 Å². The van der Waals surface area contributed by atoms with E-state index < -0.39 is 0 Å². The van der Waals surface area contributed by atoms with Crippen molar-refractivity contribution in [2.24, 2.45) is 11.8 Å². The molecule has 2 saturated carbocycles. The number of rotatable bonds is 6. The topological polar surface area (TPSA) is 59.1 Å². The number of aldehydes is 1. The number of aromatic nitrogens is 1. The second-order valence-electron chi connectivity index (χ2n) is 9.49. The van der Waals surface area contributed by atoms with Gasteiger partial charge in [0, 0.05) is 23.5 Å². The summed E-state index contributed by atoms with van der Waals surface area (Å²) in [5.74, 6) is 1.05. The molecule has 0 amide bonds. The fourth-order valence-electron chi connectivity index (χ4n) is 4.75. The molecule has 1 N–H and O–H groups in total. The van der Waals surface area contributed by atoms with Gasteiger partial charge >= 0.3 is 0 Å². The highest BCUT2D eigenvalue weighted by molar-refractivity contribution is 6.39. The van der Waals surface area contributed by atoms with Crippen molar-refractivity contribution in [2.45, 2.75) is 51.5 Å². The maximum absolute atomic E-state index is 13.1. The zero-order valence-electron chi connectivity index (χ0n) is 18.5. The van der Waals surface area contributed by atoms with Crippen molar-refractivity contribution in [3.8, 4) is 11.1 Å². The van der Waals surface area contributed by atoms with Gasteiger partial charge in [-0.2, -0.15) is 0 Å². The lowest BCUT2D eigenvalue weighted by atomic mass is 9.87. The van der Waals surface area contributed by atoms with Crippen LogP contribution in [-0.4, -0.2) is 23.1 Å². The van der Waals surface area contributed by atoms with Crippen LogP contribution in [0.4, 0.5) is 5.69 Å². The van der Waals surface area contributed by atoms with E-state index in [1.165, 1.54) is 12.8 Å². The number of carbonyl (C=O) groups excluding carboxylic acids is 2. The standard InChI is InChI=1S/C27H26Cl2N2O2/c1-15-2-7-19(8-3-15)31-26-20-10-17(18-11-23(28)22(14-32)24(29)12-18)6-9-25(20)30-13-21(26)27(33)16-4-5-16/h6,9-16,19H,2-5,7-8H2,1H3,(H,30,31). The third kappa shape index (κ3) is 4.51. The Labute approximate surface area is 203 Å². The van der Waals surface area contributed by atoms with Crippen LogP contribution in [0.3, 0.4) is 0 Å². The van der Waals surface area contributed by atoms with E-state index in [0.717, 1.165) is 59.3 Å². The number of ketones is 1. The molecule has 5 rings (SSSR count). The molecular formula is C27H26Cl2N2O2. The first-order valence-corrected chi connectivity index (χ1v) is 12.4. The van der Waals surface area contributed by atoms with Gasteiger partial charge < -0.3 is 5.32 Å². The normalized spacial score (nSPS) is 20.6. The van der Waals surface area contributed by atoms with Crippen molar-refractivity contribution in [1.82, 2.24) is 4.98 Å². The van der Waals surface area contributed by atoms with E-state index in [9.17, 15) is 9.59 Å². The molecule has 4 nitrogen and oxygen atoms in total. The van der Waals surface area contributed by atoms with Gasteiger partial charge in [-0.05, 0) is 79.8 Å². The molecule has 2 aliphatic carbocycles. The lowest BCUT2D eigenvalue weighted by Crippen LogP contribution is -2.26. The Morgan fingerprint density at radius 1 is 1.00 bits per heavy atom. The molecule has 0 atom stereocenters. The van der Waals surface area contributed by atoms with Gasteiger partial charge in [-0.3, -0.25) is 14.6 Å². The largest absolute Gasteiger partial charge is 0.381 e. The molecule has 1 aromatic heterocycles. The number of benzene rings is 2. The van der Waals surface area contributed by atoms with Gasteiger partial charge in [0.15, 0.2) is 12.1 Å². The van der Waals surface area contributed by atoms with E-state index in [-0.39, 0.29) is 17.3 Å². The number of Topliss-reactive ketones (excluding diaryl/α,β-unsaturated/α-hetero) is 1. The van der Waals surface area contributed by atoms with E-state index in [1.807, 2.05) is 18.2 Å². The maximum Gasteiger partial charge on any atom is 0.169 e. The SMILES string of the molecule is CC1CCC(Nc2c(C(=O)C3CC3)cnc3ccc(-c4cc(Cl)c(C=O)c(Cl)c4)cc23)CC1. The Bertz CT molecular complexity index is 1220.